The quantitative estimate of drug-likeness (QED) is 0.760. The van der Waals surface area contributed by atoms with Crippen LogP contribution in [-0.4, -0.2) is 66.0 Å². The van der Waals surface area contributed by atoms with Crippen molar-refractivity contribution in [1.29, 1.82) is 0 Å². The van der Waals surface area contributed by atoms with Crippen LogP contribution in [0.25, 0.3) is 0 Å². The van der Waals surface area contributed by atoms with Gasteiger partial charge in [0.1, 0.15) is 11.5 Å². The molecule has 0 spiro atoms. The van der Waals surface area contributed by atoms with E-state index in [1.807, 2.05) is 0 Å². The van der Waals surface area contributed by atoms with Gasteiger partial charge < -0.3 is 20.3 Å². The molecule has 21 heavy (non-hydrogen) atoms. The molecule has 7 heteroatoms. The van der Waals surface area contributed by atoms with Crippen LogP contribution in [0, 0.1) is 5.92 Å². The number of anilines is 1. The third kappa shape index (κ3) is 2.56. The predicted molar refractivity (Wildman–Crippen MR) is 75.4 cm³/mol. The van der Waals surface area contributed by atoms with Gasteiger partial charge in [-0.1, -0.05) is 6.07 Å². The first kappa shape index (κ1) is 13.8. The number of aromatic nitrogens is 1. The summed E-state index contributed by atoms with van der Waals surface area (Å²) in [4.78, 5) is 32.3. The van der Waals surface area contributed by atoms with Crippen LogP contribution in [0.3, 0.4) is 0 Å². The molecule has 2 aliphatic rings. The number of amides is 2. The Morgan fingerprint density at radius 2 is 2.19 bits per heavy atom. The molecule has 0 radical (unpaired) electrons. The second-order valence-electron chi connectivity index (χ2n) is 5.50. The minimum atomic E-state index is -0.312. The van der Waals surface area contributed by atoms with Gasteiger partial charge in [0.25, 0.3) is 5.91 Å². The topological polar surface area (TPSA) is 88.8 Å². The van der Waals surface area contributed by atoms with Crippen molar-refractivity contribution in [3.8, 4) is 0 Å². The van der Waals surface area contributed by atoms with Gasteiger partial charge in [0.05, 0.1) is 25.2 Å². The van der Waals surface area contributed by atoms with Gasteiger partial charge in [0, 0.05) is 20.1 Å². The minimum Gasteiger partial charge on any atom is -0.384 e. The van der Waals surface area contributed by atoms with Crippen molar-refractivity contribution < 1.29 is 14.3 Å². The van der Waals surface area contributed by atoms with Crippen molar-refractivity contribution in [2.24, 2.45) is 5.92 Å². The molecule has 2 amide bonds. The molecule has 7 nitrogen and oxygen atoms in total. The van der Waals surface area contributed by atoms with Gasteiger partial charge in [-0.2, -0.15) is 0 Å². The molecule has 2 aliphatic heterocycles. The summed E-state index contributed by atoms with van der Waals surface area (Å²) in [5.41, 5.74) is 5.94. The highest BCUT2D eigenvalue weighted by atomic mass is 16.5. The first-order chi connectivity index (χ1) is 10.1. The summed E-state index contributed by atoms with van der Waals surface area (Å²) in [5.74, 6) is -0.157. The second-order valence-corrected chi connectivity index (χ2v) is 5.50. The monoisotopic (exact) mass is 290 g/mol. The van der Waals surface area contributed by atoms with Gasteiger partial charge >= 0.3 is 0 Å². The Morgan fingerprint density at radius 3 is 2.95 bits per heavy atom. The normalized spacial score (nSPS) is 25.7. The largest absolute Gasteiger partial charge is 0.384 e. The average molecular weight is 290 g/mol. The van der Waals surface area contributed by atoms with Gasteiger partial charge in [-0.25, -0.2) is 4.98 Å². The molecule has 0 saturated carbocycles. The highest BCUT2D eigenvalue weighted by molar-refractivity contribution is 5.93. The van der Waals surface area contributed by atoms with Gasteiger partial charge in [-0.3, -0.25) is 9.59 Å². The van der Waals surface area contributed by atoms with Gasteiger partial charge in [-0.05, 0) is 12.1 Å². The number of hydrogen-bond donors (Lipinski definition) is 1. The highest BCUT2D eigenvalue weighted by Crippen LogP contribution is 2.21. The summed E-state index contributed by atoms with van der Waals surface area (Å²) in [6.07, 6.45) is 0. The van der Waals surface area contributed by atoms with Crippen LogP contribution in [0.15, 0.2) is 18.2 Å². The Hall–Kier alpha value is -2.15. The number of fused-ring (bicyclic) bond motifs is 3. The van der Waals surface area contributed by atoms with Gasteiger partial charge in [0.15, 0.2) is 0 Å². The molecule has 2 atom stereocenters. The van der Waals surface area contributed by atoms with E-state index in [1.165, 1.54) is 0 Å². The zero-order valence-electron chi connectivity index (χ0n) is 11.9. The van der Waals surface area contributed by atoms with E-state index in [2.05, 4.69) is 4.98 Å². The Bertz CT molecular complexity index is 577. The third-order valence-corrected chi connectivity index (χ3v) is 4.02. The molecule has 1 aromatic rings. The summed E-state index contributed by atoms with van der Waals surface area (Å²) in [5, 5.41) is 0. The lowest BCUT2D eigenvalue weighted by Crippen LogP contribution is -2.45. The molecule has 0 aromatic carbocycles. The van der Waals surface area contributed by atoms with Crippen LogP contribution in [0.5, 0.6) is 0 Å². The number of likely N-dealkylation sites (N-methyl/N-ethyl adjacent to an activating group) is 1. The number of carbonyl (C=O) groups excluding carboxylic acids is 2. The minimum absolute atomic E-state index is 0.0355. The number of nitrogens with two attached hydrogens (primary N) is 1. The van der Waals surface area contributed by atoms with Crippen LogP contribution in [0.2, 0.25) is 0 Å². The number of nitrogens with zero attached hydrogens (tertiary/aromatic N) is 3. The Kier molecular flexibility index (Phi) is 3.50. The maximum Gasteiger partial charge on any atom is 0.272 e. The maximum absolute atomic E-state index is 12.6. The van der Waals surface area contributed by atoms with E-state index in [1.54, 1.807) is 35.0 Å². The number of hydrogen-bond acceptors (Lipinski definition) is 5. The number of pyridine rings is 1. The third-order valence-electron chi connectivity index (χ3n) is 4.02. The zero-order valence-corrected chi connectivity index (χ0v) is 11.9. The number of nitrogen functional groups attached to an aromatic ring is 1. The summed E-state index contributed by atoms with van der Waals surface area (Å²) >= 11 is 0. The van der Waals surface area contributed by atoms with E-state index in [0.29, 0.717) is 37.8 Å². The van der Waals surface area contributed by atoms with Crippen molar-refractivity contribution in [2.75, 3.05) is 39.1 Å². The molecule has 3 heterocycles. The Labute approximate surface area is 122 Å². The smallest absolute Gasteiger partial charge is 0.272 e. The first-order valence-electron chi connectivity index (χ1n) is 6.92. The fraction of sp³-hybridized carbons (Fsp3) is 0.500. The lowest BCUT2D eigenvalue weighted by molar-refractivity contribution is -0.133. The summed E-state index contributed by atoms with van der Waals surface area (Å²) < 4.78 is 5.52. The van der Waals surface area contributed by atoms with Gasteiger partial charge in [-0.15, -0.1) is 0 Å². The van der Waals surface area contributed by atoms with E-state index in [9.17, 15) is 9.59 Å². The van der Waals surface area contributed by atoms with E-state index in [0.717, 1.165) is 0 Å². The molecule has 2 bridgehead atoms. The molecule has 112 valence electrons. The molecule has 1 aromatic heterocycles. The molecule has 0 unspecified atom stereocenters. The molecule has 0 aliphatic carbocycles. The SMILES string of the molecule is CN1C(=O)[C@H]2COC[C@@H]1CN(C(=O)c1cccc(N)n1)C2. The lowest BCUT2D eigenvalue weighted by Gasteiger charge is -2.29. The zero-order chi connectivity index (χ0) is 15.0. The van der Waals surface area contributed by atoms with Crippen LogP contribution < -0.4 is 5.73 Å². The van der Waals surface area contributed by atoms with Crippen LogP contribution in [-0.2, 0) is 9.53 Å². The average Bonchev–Trinajstić information content (AvgIpc) is 2.64. The molecule has 3 rings (SSSR count). The Balaban J connectivity index is 1.86. The molecule has 2 N–H and O–H groups in total. The van der Waals surface area contributed by atoms with Crippen LogP contribution in [0.1, 0.15) is 10.5 Å². The van der Waals surface area contributed by atoms with E-state index >= 15 is 0 Å². The van der Waals surface area contributed by atoms with Crippen molar-refractivity contribution in [1.82, 2.24) is 14.8 Å². The molecule has 2 fully saturated rings. The van der Waals surface area contributed by atoms with Crippen molar-refractivity contribution in [2.45, 2.75) is 6.04 Å². The summed E-state index contributed by atoms with van der Waals surface area (Å²) in [6.45, 7) is 1.61. The van der Waals surface area contributed by atoms with E-state index in [4.69, 9.17) is 10.5 Å². The number of ether oxygens (including phenoxy) is 1. The van der Waals surface area contributed by atoms with Crippen molar-refractivity contribution in [3.05, 3.63) is 23.9 Å². The first-order valence-corrected chi connectivity index (χ1v) is 6.92. The number of rotatable bonds is 1. The molecular weight excluding hydrogens is 272 g/mol. The molecule has 2 saturated heterocycles. The van der Waals surface area contributed by atoms with E-state index < -0.39 is 0 Å². The fourth-order valence-corrected chi connectivity index (χ4v) is 2.80. The predicted octanol–water partition coefficient (Wildman–Crippen LogP) is -0.407. The van der Waals surface area contributed by atoms with Crippen LogP contribution in [0.4, 0.5) is 5.82 Å². The summed E-state index contributed by atoms with van der Waals surface area (Å²) in [6, 6.07) is 4.87. The second kappa shape index (κ2) is 5.33. The van der Waals surface area contributed by atoms with Crippen molar-refractivity contribution in [3.63, 3.8) is 0 Å². The fourth-order valence-electron chi connectivity index (χ4n) is 2.80. The maximum atomic E-state index is 12.6. The Morgan fingerprint density at radius 1 is 1.38 bits per heavy atom. The summed E-state index contributed by atoms with van der Waals surface area (Å²) in [7, 11) is 1.77. The van der Waals surface area contributed by atoms with Crippen LogP contribution >= 0.6 is 0 Å². The van der Waals surface area contributed by atoms with Crippen molar-refractivity contribution >= 4 is 17.6 Å². The molecular formula is C14H18N4O3. The standard InChI is InChI=1S/C14H18N4O3/c1-17-10-6-18(5-9(13(17)19)7-21-8-10)14(20)11-3-2-4-12(15)16-11/h2-4,9-10H,5-8H2,1H3,(H2,15,16)/t9-,10+/m1/s1. The van der Waals surface area contributed by atoms with Gasteiger partial charge in [0.2, 0.25) is 5.91 Å². The number of carbonyl (C=O) groups is 2. The highest BCUT2D eigenvalue weighted by Gasteiger charge is 2.39. The van der Waals surface area contributed by atoms with E-state index in [-0.39, 0.29) is 23.8 Å². The lowest BCUT2D eigenvalue weighted by atomic mass is 10.1.